The lowest BCUT2D eigenvalue weighted by molar-refractivity contribution is -0.125. The number of rotatable bonds is 4. The molecule has 0 aliphatic carbocycles. The van der Waals surface area contributed by atoms with Gasteiger partial charge in [-0.05, 0) is 0 Å². The second-order valence-electron chi connectivity index (χ2n) is 2.59. The Labute approximate surface area is 81.6 Å². The zero-order chi connectivity index (χ0) is 11.5. The number of aromatic nitrogens is 2. The molecule has 1 aromatic heterocycles. The maximum absolute atomic E-state index is 11.7. The first kappa shape index (κ1) is 11.4. The van der Waals surface area contributed by atoms with Gasteiger partial charge in [0.2, 0.25) is 5.89 Å². The topological polar surface area (TPSA) is 94.0 Å². The molecule has 1 heterocycles. The molecular formula is C6H7F3N4O2. The number of carbonyl (C=O) groups is 1. The molecule has 84 valence electrons. The van der Waals surface area contributed by atoms with Crippen molar-refractivity contribution in [1.82, 2.24) is 15.5 Å². The summed E-state index contributed by atoms with van der Waals surface area (Å²) in [5, 5.41) is 5.17. The van der Waals surface area contributed by atoms with Gasteiger partial charge < -0.3 is 15.6 Å². The summed E-state index contributed by atoms with van der Waals surface area (Å²) in [6, 6.07) is 0. The second-order valence-corrected chi connectivity index (χ2v) is 2.59. The highest BCUT2D eigenvalue weighted by Gasteiger charge is 2.26. The van der Waals surface area contributed by atoms with Crippen molar-refractivity contribution in [2.75, 3.05) is 6.54 Å². The summed E-state index contributed by atoms with van der Waals surface area (Å²) in [6.07, 6.45) is -4.31. The number of alkyl halides is 3. The van der Waals surface area contributed by atoms with Crippen LogP contribution in [0.5, 0.6) is 0 Å². The van der Waals surface area contributed by atoms with Gasteiger partial charge in [0.15, 0.2) is 0 Å². The maximum Gasteiger partial charge on any atom is 0.401 e. The Bertz CT molecular complexity index is 348. The number of amides is 1. The van der Waals surface area contributed by atoms with Crippen LogP contribution in [0.4, 0.5) is 13.2 Å². The van der Waals surface area contributed by atoms with E-state index in [1.807, 2.05) is 5.32 Å². The number of hydrogen-bond donors (Lipinski definition) is 2. The van der Waals surface area contributed by atoms with Crippen LogP contribution in [0.3, 0.4) is 0 Å². The third kappa shape index (κ3) is 3.94. The molecule has 1 rings (SSSR count). The SMILES string of the molecule is NC(=O)c1noc(CNCC(F)(F)F)n1. The molecule has 6 nitrogen and oxygen atoms in total. The minimum atomic E-state index is -4.31. The molecule has 0 atom stereocenters. The van der Waals surface area contributed by atoms with E-state index in [4.69, 9.17) is 5.73 Å². The lowest BCUT2D eigenvalue weighted by Gasteiger charge is -2.05. The minimum Gasteiger partial charge on any atom is -0.363 e. The van der Waals surface area contributed by atoms with Gasteiger partial charge >= 0.3 is 6.18 Å². The number of nitrogens with one attached hydrogen (secondary N) is 1. The van der Waals surface area contributed by atoms with Gasteiger partial charge in [-0.2, -0.15) is 18.2 Å². The first-order valence-corrected chi connectivity index (χ1v) is 3.78. The van der Waals surface area contributed by atoms with E-state index in [9.17, 15) is 18.0 Å². The van der Waals surface area contributed by atoms with Crippen molar-refractivity contribution in [2.45, 2.75) is 12.7 Å². The monoisotopic (exact) mass is 224 g/mol. The van der Waals surface area contributed by atoms with Gasteiger partial charge in [-0.15, -0.1) is 0 Å². The van der Waals surface area contributed by atoms with Gasteiger partial charge in [-0.3, -0.25) is 4.79 Å². The molecule has 0 saturated carbocycles. The summed E-state index contributed by atoms with van der Waals surface area (Å²) in [7, 11) is 0. The minimum absolute atomic E-state index is 0.131. The fourth-order valence-corrected chi connectivity index (χ4v) is 0.738. The summed E-state index contributed by atoms with van der Waals surface area (Å²) < 4.78 is 39.5. The number of carbonyl (C=O) groups excluding carboxylic acids is 1. The fourth-order valence-electron chi connectivity index (χ4n) is 0.738. The number of halogens is 3. The molecular weight excluding hydrogens is 217 g/mol. The van der Waals surface area contributed by atoms with Crippen LogP contribution in [0.1, 0.15) is 16.5 Å². The Morgan fingerprint density at radius 3 is 2.67 bits per heavy atom. The van der Waals surface area contributed by atoms with Crippen LogP contribution in [0, 0.1) is 0 Å². The quantitative estimate of drug-likeness (QED) is 0.739. The Morgan fingerprint density at radius 2 is 2.20 bits per heavy atom. The number of nitrogens with zero attached hydrogens (tertiary/aromatic N) is 2. The summed E-state index contributed by atoms with van der Waals surface area (Å²) in [5.74, 6) is -1.40. The van der Waals surface area contributed by atoms with Gasteiger partial charge in [0.1, 0.15) is 0 Å². The molecule has 0 aliphatic heterocycles. The largest absolute Gasteiger partial charge is 0.401 e. The summed E-state index contributed by atoms with van der Waals surface area (Å²) >= 11 is 0. The number of primary amides is 1. The van der Waals surface area contributed by atoms with E-state index in [1.54, 1.807) is 0 Å². The van der Waals surface area contributed by atoms with Crippen molar-refractivity contribution in [3.8, 4) is 0 Å². The lowest BCUT2D eigenvalue weighted by Crippen LogP contribution is -2.28. The van der Waals surface area contributed by atoms with Crippen LogP contribution in [-0.2, 0) is 6.54 Å². The van der Waals surface area contributed by atoms with E-state index in [-0.39, 0.29) is 18.3 Å². The molecule has 0 unspecified atom stereocenters. The van der Waals surface area contributed by atoms with Gasteiger partial charge in [0.25, 0.3) is 11.7 Å². The van der Waals surface area contributed by atoms with Crippen LogP contribution in [0.25, 0.3) is 0 Å². The highest BCUT2D eigenvalue weighted by atomic mass is 19.4. The Morgan fingerprint density at radius 1 is 1.53 bits per heavy atom. The van der Waals surface area contributed by atoms with Gasteiger partial charge in [0, 0.05) is 0 Å². The molecule has 0 spiro atoms. The molecule has 0 aliphatic rings. The molecule has 0 aromatic carbocycles. The first-order valence-electron chi connectivity index (χ1n) is 3.78. The molecule has 0 fully saturated rings. The first-order chi connectivity index (χ1) is 6.88. The average molecular weight is 224 g/mol. The zero-order valence-corrected chi connectivity index (χ0v) is 7.34. The van der Waals surface area contributed by atoms with Crippen molar-refractivity contribution >= 4 is 5.91 Å². The van der Waals surface area contributed by atoms with E-state index < -0.39 is 18.6 Å². The van der Waals surface area contributed by atoms with Gasteiger partial charge in [-0.25, -0.2) is 0 Å². The zero-order valence-electron chi connectivity index (χ0n) is 7.34. The molecule has 3 N–H and O–H groups in total. The number of nitrogens with two attached hydrogens (primary N) is 1. The van der Waals surface area contributed by atoms with E-state index in [0.717, 1.165) is 0 Å². The highest BCUT2D eigenvalue weighted by molar-refractivity contribution is 5.88. The van der Waals surface area contributed by atoms with Gasteiger partial charge in [-0.1, -0.05) is 5.16 Å². The Hall–Kier alpha value is -1.64. The molecule has 0 saturated heterocycles. The third-order valence-corrected chi connectivity index (χ3v) is 1.29. The van der Waals surface area contributed by atoms with E-state index in [2.05, 4.69) is 14.7 Å². The normalized spacial score (nSPS) is 11.7. The Kier molecular flexibility index (Phi) is 3.24. The molecule has 1 amide bonds. The average Bonchev–Trinajstić information content (AvgIpc) is 2.50. The summed E-state index contributed by atoms with van der Waals surface area (Å²) in [4.78, 5) is 13.9. The predicted molar refractivity (Wildman–Crippen MR) is 40.6 cm³/mol. The van der Waals surface area contributed by atoms with Crippen LogP contribution in [0.15, 0.2) is 4.52 Å². The van der Waals surface area contributed by atoms with Crippen LogP contribution in [-0.4, -0.2) is 28.8 Å². The molecule has 9 heteroatoms. The van der Waals surface area contributed by atoms with Crippen molar-refractivity contribution in [3.63, 3.8) is 0 Å². The van der Waals surface area contributed by atoms with Crippen LogP contribution >= 0.6 is 0 Å². The molecule has 15 heavy (non-hydrogen) atoms. The van der Waals surface area contributed by atoms with Crippen molar-refractivity contribution in [3.05, 3.63) is 11.7 Å². The third-order valence-electron chi connectivity index (χ3n) is 1.29. The molecule has 0 radical (unpaired) electrons. The fraction of sp³-hybridized carbons (Fsp3) is 0.500. The maximum atomic E-state index is 11.7. The molecule has 0 bridgehead atoms. The van der Waals surface area contributed by atoms with Gasteiger partial charge in [0.05, 0.1) is 13.1 Å². The van der Waals surface area contributed by atoms with Crippen molar-refractivity contribution < 1.29 is 22.5 Å². The standard InChI is InChI=1S/C6H7F3N4O2/c7-6(8,9)2-11-1-3-12-5(4(10)14)13-15-3/h11H,1-2H2,(H2,10,14). The van der Waals surface area contributed by atoms with E-state index in [0.29, 0.717) is 0 Å². The van der Waals surface area contributed by atoms with Crippen LogP contribution < -0.4 is 11.1 Å². The van der Waals surface area contributed by atoms with Crippen LogP contribution in [0.2, 0.25) is 0 Å². The second kappa shape index (κ2) is 4.26. The summed E-state index contributed by atoms with van der Waals surface area (Å²) in [6.45, 7) is -1.46. The van der Waals surface area contributed by atoms with E-state index >= 15 is 0 Å². The predicted octanol–water partition coefficient (Wildman–Crippen LogP) is -0.180. The highest BCUT2D eigenvalue weighted by Crippen LogP contribution is 2.12. The summed E-state index contributed by atoms with van der Waals surface area (Å²) in [5.41, 5.74) is 4.80. The van der Waals surface area contributed by atoms with Crippen molar-refractivity contribution in [1.29, 1.82) is 0 Å². The lowest BCUT2D eigenvalue weighted by atomic mass is 10.5. The van der Waals surface area contributed by atoms with E-state index in [1.165, 1.54) is 0 Å². The molecule has 1 aromatic rings. The van der Waals surface area contributed by atoms with Crippen molar-refractivity contribution in [2.24, 2.45) is 5.73 Å². The smallest absolute Gasteiger partial charge is 0.363 e. The Balaban J connectivity index is 2.41. The number of hydrogen-bond acceptors (Lipinski definition) is 5.